The van der Waals surface area contributed by atoms with E-state index in [4.69, 9.17) is 20.7 Å². The van der Waals surface area contributed by atoms with Gasteiger partial charge in [-0.15, -0.1) is 11.3 Å². The Balaban J connectivity index is 3.28. The first kappa shape index (κ1) is 12.4. The van der Waals surface area contributed by atoms with E-state index in [0.29, 0.717) is 0 Å². The SMILES string of the molecule is N#Cc1cc(C=C(C(=O)O)C(=O)O)sc1C#N. The molecule has 0 saturated carbocycles. The first-order chi connectivity index (χ1) is 7.99. The van der Waals surface area contributed by atoms with Gasteiger partial charge in [0, 0.05) is 4.88 Å². The zero-order valence-corrected chi connectivity index (χ0v) is 8.98. The molecule has 2 N–H and O–H groups in total. The maximum absolute atomic E-state index is 10.6. The molecule has 0 amide bonds. The third kappa shape index (κ3) is 2.68. The maximum Gasteiger partial charge on any atom is 0.343 e. The Bertz CT molecular complexity index is 553. The highest BCUT2D eigenvalue weighted by Crippen LogP contribution is 2.23. The lowest BCUT2D eigenvalue weighted by molar-refractivity contribution is -0.139. The van der Waals surface area contributed by atoms with Gasteiger partial charge in [0.2, 0.25) is 0 Å². The summed E-state index contributed by atoms with van der Waals surface area (Å²) in [5, 5.41) is 34.6. The van der Waals surface area contributed by atoms with Crippen molar-refractivity contribution in [3.05, 3.63) is 27.0 Å². The van der Waals surface area contributed by atoms with E-state index in [9.17, 15) is 9.59 Å². The number of hydrogen-bond donors (Lipinski definition) is 2. The topological polar surface area (TPSA) is 122 Å². The quantitative estimate of drug-likeness (QED) is 0.468. The molecule has 1 heterocycles. The third-order valence-electron chi connectivity index (χ3n) is 1.72. The fraction of sp³-hybridized carbons (Fsp3) is 0. The second-order valence-corrected chi connectivity index (χ2v) is 3.87. The predicted octanol–water partition coefficient (Wildman–Crippen LogP) is 1.04. The average Bonchev–Trinajstić information content (AvgIpc) is 2.67. The average molecular weight is 248 g/mol. The van der Waals surface area contributed by atoms with Crippen LogP contribution in [-0.2, 0) is 9.59 Å². The summed E-state index contributed by atoms with van der Waals surface area (Å²) in [6, 6.07) is 4.81. The van der Waals surface area contributed by atoms with Crippen LogP contribution < -0.4 is 0 Å². The van der Waals surface area contributed by atoms with Crippen LogP contribution in [0.15, 0.2) is 11.6 Å². The second-order valence-electron chi connectivity index (χ2n) is 2.78. The molecule has 0 radical (unpaired) electrons. The molecule has 0 aliphatic heterocycles. The number of carboxylic acid groups (broad SMARTS) is 2. The van der Waals surface area contributed by atoms with Crippen LogP contribution >= 0.6 is 11.3 Å². The summed E-state index contributed by atoms with van der Waals surface area (Å²) >= 11 is 0.861. The number of carboxylic acids is 2. The predicted molar refractivity (Wildman–Crippen MR) is 57.0 cm³/mol. The second kappa shape index (κ2) is 4.92. The zero-order chi connectivity index (χ0) is 13.0. The Hall–Kier alpha value is -2.64. The summed E-state index contributed by atoms with van der Waals surface area (Å²) < 4.78 is 0. The Kier molecular flexibility index (Phi) is 3.60. The summed E-state index contributed by atoms with van der Waals surface area (Å²) in [4.78, 5) is 21.6. The van der Waals surface area contributed by atoms with Gasteiger partial charge in [-0.3, -0.25) is 0 Å². The van der Waals surface area contributed by atoms with Gasteiger partial charge in [-0.05, 0) is 12.1 Å². The highest BCUT2D eigenvalue weighted by molar-refractivity contribution is 7.13. The molecule has 0 unspecified atom stereocenters. The summed E-state index contributed by atoms with van der Waals surface area (Å²) in [7, 11) is 0. The van der Waals surface area contributed by atoms with Crippen LogP contribution in [0.5, 0.6) is 0 Å². The standard InChI is InChI=1S/C10H4N2O4S/c11-3-5-1-6(17-8(5)4-12)2-7(9(13)14)10(15)16/h1-2H,(H,13,14)(H,15,16). The van der Waals surface area contributed by atoms with Crippen molar-refractivity contribution in [2.24, 2.45) is 0 Å². The normalized spacial score (nSPS) is 8.82. The van der Waals surface area contributed by atoms with Crippen molar-refractivity contribution in [1.29, 1.82) is 10.5 Å². The molecule has 7 heteroatoms. The summed E-state index contributed by atoms with van der Waals surface area (Å²) in [5.41, 5.74) is -0.723. The molecule has 84 valence electrons. The monoisotopic (exact) mass is 248 g/mol. The van der Waals surface area contributed by atoms with E-state index < -0.39 is 17.5 Å². The Morgan fingerprint density at radius 3 is 2.18 bits per heavy atom. The van der Waals surface area contributed by atoms with Crippen molar-refractivity contribution < 1.29 is 19.8 Å². The number of thiophene rings is 1. The Morgan fingerprint density at radius 1 is 1.24 bits per heavy atom. The molecule has 1 rings (SSSR count). The molecule has 0 fully saturated rings. The van der Waals surface area contributed by atoms with Gasteiger partial charge in [0.15, 0.2) is 0 Å². The van der Waals surface area contributed by atoms with Crippen molar-refractivity contribution in [2.75, 3.05) is 0 Å². The van der Waals surface area contributed by atoms with E-state index in [1.165, 1.54) is 6.07 Å². The minimum absolute atomic E-state index is 0.0962. The molecule has 0 atom stereocenters. The lowest BCUT2D eigenvalue weighted by atomic mass is 10.2. The molecule has 17 heavy (non-hydrogen) atoms. The largest absolute Gasteiger partial charge is 0.477 e. The third-order valence-corrected chi connectivity index (χ3v) is 2.71. The first-order valence-corrected chi connectivity index (χ1v) is 4.93. The van der Waals surface area contributed by atoms with Gasteiger partial charge < -0.3 is 10.2 Å². The van der Waals surface area contributed by atoms with Crippen molar-refractivity contribution in [2.45, 2.75) is 0 Å². The van der Waals surface area contributed by atoms with Crippen molar-refractivity contribution >= 4 is 29.4 Å². The highest BCUT2D eigenvalue weighted by Gasteiger charge is 2.17. The molecule has 0 aromatic carbocycles. The van der Waals surface area contributed by atoms with Crippen LogP contribution in [0.2, 0.25) is 0 Å². The van der Waals surface area contributed by atoms with Crippen molar-refractivity contribution in [3.63, 3.8) is 0 Å². The number of aliphatic carboxylic acids is 2. The molecule has 0 saturated heterocycles. The molecule has 0 spiro atoms. The van der Waals surface area contributed by atoms with Gasteiger partial charge >= 0.3 is 11.9 Å². The van der Waals surface area contributed by atoms with Crippen LogP contribution in [0.1, 0.15) is 15.3 Å². The van der Waals surface area contributed by atoms with E-state index >= 15 is 0 Å². The van der Waals surface area contributed by atoms with Gasteiger partial charge in [0.05, 0.1) is 5.56 Å². The summed E-state index contributed by atoms with van der Waals surface area (Å²) in [6.07, 6.45) is 0.914. The Labute approximate surface area is 99.3 Å². The fourth-order valence-electron chi connectivity index (χ4n) is 1.00. The molecular formula is C10H4N2O4S. The van der Waals surface area contributed by atoms with E-state index in [-0.39, 0.29) is 15.3 Å². The lowest BCUT2D eigenvalue weighted by Crippen LogP contribution is -2.10. The van der Waals surface area contributed by atoms with Crippen molar-refractivity contribution in [3.8, 4) is 12.1 Å². The van der Waals surface area contributed by atoms with Crippen LogP contribution in [0.4, 0.5) is 0 Å². The van der Waals surface area contributed by atoms with Crippen molar-refractivity contribution in [1.82, 2.24) is 0 Å². The van der Waals surface area contributed by atoms with Crippen LogP contribution in [0, 0.1) is 22.7 Å². The molecule has 0 aliphatic rings. The molecule has 0 bridgehead atoms. The van der Waals surface area contributed by atoms with Gasteiger partial charge in [-0.2, -0.15) is 10.5 Å². The zero-order valence-electron chi connectivity index (χ0n) is 8.17. The van der Waals surface area contributed by atoms with Gasteiger partial charge in [0.1, 0.15) is 22.6 Å². The summed E-state index contributed by atoms with van der Waals surface area (Å²) in [6.45, 7) is 0. The van der Waals surface area contributed by atoms with Crippen LogP contribution in [0.25, 0.3) is 6.08 Å². The highest BCUT2D eigenvalue weighted by atomic mass is 32.1. The van der Waals surface area contributed by atoms with Gasteiger partial charge in [-0.25, -0.2) is 9.59 Å². The number of carbonyl (C=O) groups is 2. The molecule has 6 nitrogen and oxygen atoms in total. The number of nitrogens with zero attached hydrogens (tertiary/aromatic N) is 2. The molecule has 1 aromatic rings. The first-order valence-electron chi connectivity index (χ1n) is 4.12. The fourth-order valence-corrected chi connectivity index (χ4v) is 1.85. The minimum atomic E-state index is -1.58. The van der Waals surface area contributed by atoms with Gasteiger partial charge in [0.25, 0.3) is 0 Å². The number of nitriles is 2. The van der Waals surface area contributed by atoms with E-state index in [2.05, 4.69) is 0 Å². The molecular weight excluding hydrogens is 244 g/mol. The van der Waals surface area contributed by atoms with E-state index in [0.717, 1.165) is 17.4 Å². The molecule has 1 aromatic heterocycles. The number of hydrogen-bond acceptors (Lipinski definition) is 5. The maximum atomic E-state index is 10.6. The van der Waals surface area contributed by atoms with E-state index in [1.807, 2.05) is 0 Å². The van der Waals surface area contributed by atoms with Crippen LogP contribution in [-0.4, -0.2) is 22.2 Å². The van der Waals surface area contributed by atoms with E-state index in [1.54, 1.807) is 12.1 Å². The summed E-state index contributed by atoms with van der Waals surface area (Å²) in [5.74, 6) is -3.16. The number of rotatable bonds is 3. The van der Waals surface area contributed by atoms with Crippen LogP contribution in [0.3, 0.4) is 0 Å². The molecule has 0 aliphatic carbocycles. The smallest absolute Gasteiger partial charge is 0.343 e. The lowest BCUT2D eigenvalue weighted by Gasteiger charge is -1.92. The van der Waals surface area contributed by atoms with Gasteiger partial charge in [-0.1, -0.05) is 0 Å². The Morgan fingerprint density at radius 2 is 1.82 bits per heavy atom. The minimum Gasteiger partial charge on any atom is -0.477 e.